The zero-order chi connectivity index (χ0) is 22.6. The van der Waals surface area contributed by atoms with Gasteiger partial charge in [0.25, 0.3) is 0 Å². The lowest BCUT2D eigenvalue weighted by Gasteiger charge is -2.32. The van der Waals surface area contributed by atoms with Crippen LogP contribution in [0.3, 0.4) is 0 Å². The van der Waals surface area contributed by atoms with E-state index in [2.05, 4.69) is 34.9 Å². The molecule has 2 aliphatic rings. The first-order valence-corrected chi connectivity index (χ1v) is 11.5. The van der Waals surface area contributed by atoms with Gasteiger partial charge < -0.3 is 19.1 Å². The van der Waals surface area contributed by atoms with E-state index in [-0.39, 0.29) is 0 Å². The van der Waals surface area contributed by atoms with Crippen LogP contribution >= 0.6 is 0 Å². The number of anilines is 1. The molecule has 0 atom stereocenters. The number of aryl methyl sites for hydroxylation is 1. The molecule has 172 valence electrons. The Morgan fingerprint density at radius 2 is 1.76 bits per heavy atom. The largest absolute Gasteiger partial charge is 0.497 e. The Bertz CT molecular complexity index is 1100. The summed E-state index contributed by atoms with van der Waals surface area (Å²) in [4.78, 5) is 14.5. The summed E-state index contributed by atoms with van der Waals surface area (Å²) in [6.07, 6.45) is 0.871. The first-order valence-electron chi connectivity index (χ1n) is 11.5. The van der Waals surface area contributed by atoms with Gasteiger partial charge in [0.05, 0.1) is 31.6 Å². The van der Waals surface area contributed by atoms with Crippen LogP contribution in [0.5, 0.6) is 17.4 Å². The molecule has 1 saturated heterocycles. The second-order valence-electron chi connectivity index (χ2n) is 8.53. The van der Waals surface area contributed by atoms with Crippen molar-refractivity contribution < 1.29 is 14.2 Å². The molecule has 0 spiro atoms. The molecule has 0 N–H and O–H groups in total. The van der Waals surface area contributed by atoms with Crippen LogP contribution in [-0.2, 0) is 24.2 Å². The Morgan fingerprint density at radius 1 is 0.970 bits per heavy atom. The second kappa shape index (κ2) is 9.77. The van der Waals surface area contributed by atoms with Gasteiger partial charge in [-0.2, -0.15) is 4.98 Å². The predicted molar refractivity (Wildman–Crippen MR) is 127 cm³/mol. The summed E-state index contributed by atoms with van der Waals surface area (Å²) < 4.78 is 17.2. The minimum atomic E-state index is 0.662. The summed E-state index contributed by atoms with van der Waals surface area (Å²) in [6, 6.07) is 16.3. The fourth-order valence-electron chi connectivity index (χ4n) is 4.32. The van der Waals surface area contributed by atoms with E-state index in [4.69, 9.17) is 24.2 Å². The number of rotatable bonds is 6. The molecular formula is C26H30N4O3. The van der Waals surface area contributed by atoms with Crippen LogP contribution in [0.25, 0.3) is 0 Å². The average Bonchev–Trinajstić information content (AvgIpc) is 2.86. The minimum absolute atomic E-state index is 0.662. The molecule has 0 saturated carbocycles. The van der Waals surface area contributed by atoms with Crippen molar-refractivity contribution in [2.45, 2.75) is 26.4 Å². The van der Waals surface area contributed by atoms with Gasteiger partial charge in [-0.15, -0.1) is 0 Å². The molecule has 0 aliphatic carbocycles. The Morgan fingerprint density at radius 3 is 2.52 bits per heavy atom. The van der Waals surface area contributed by atoms with E-state index in [1.807, 2.05) is 30.3 Å². The van der Waals surface area contributed by atoms with Crippen LogP contribution in [0.15, 0.2) is 48.5 Å². The number of para-hydroxylation sites is 1. The monoisotopic (exact) mass is 446 g/mol. The molecule has 0 unspecified atom stereocenters. The molecule has 0 radical (unpaired) electrons. The fraction of sp³-hybridized carbons (Fsp3) is 0.385. The van der Waals surface area contributed by atoms with Crippen molar-refractivity contribution in [3.63, 3.8) is 0 Å². The third-order valence-corrected chi connectivity index (χ3v) is 6.25. The summed E-state index contributed by atoms with van der Waals surface area (Å²) >= 11 is 0. The number of methoxy groups -OCH3 is 1. The van der Waals surface area contributed by atoms with Crippen molar-refractivity contribution in [2.24, 2.45) is 0 Å². The highest BCUT2D eigenvalue weighted by Gasteiger charge is 2.26. The molecule has 0 bridgehead atoms. The van der Waals surface area contributed by atoms with Gasteiger partial charge >= 0.3 is 0 Å². The van der Waals surface area contributed by atoms with Crippen LogP contribution in [0, 0.1) is 6.92 Å². The van der Waals surface area contributed by atoms with Gasteiger partial charge in [0, 0.05) is 39.1 Å². The van der Waals surface area contributed by atoms with Gasteiger partial charge in [0.15, 0.2) is 0 Å². The maximum atomic E-state index is 6.42. The first-order chi connectivity index (χ1) is 16.2. The molecule has 7 heteroatoms. The third-order valence-electron chi connectivity index (χ3n) is 6.25. The lowest BCUT2D eigenvalue weighted by molar-refractivity contribution is 0.122. The number of fused-ring (bicyclic) bond motifs is 1. The molecule has 2 aromatic carbocycles. The number of benzene rings is 2. The number of nitrogens with zero attached hydrogens (tertiary/aromatic N) is 4. The van der Waals surface area contributed by atoms with Crippen molar-refractivity contribution in [3.8, 4) is 17.4 Å². The minimum Gasteiger partial charge on any atom is -0.497 e. The van der Waals surface area contributed by atoms with Crippen LogP contribution in [0.4, 0.5) is 5.95 Å². The Kier molecular flexibility index (Phi) is 6.41. The van der Waals surface area contributed by atoms with E-state index in [0.29, 0.717) is 19.1 Å². The molecule has 2 aliphatic heterocycles. The van der Waals surface area contributed by atoms with Crippen LogP contribution in [-0.4, -0.2) is 54.8 Å². The summed E-state index contributed by atoms with van der Waals surface area (Å²) in [5.41, 5.74) is 4.51. The Balaban J connectivity index is 1.43. The highest BCUT2D eigenvalue weighted by Crippen LogP contribution is 2.33. The summed E-state index contributed by atoms with van der Waals surface area (Å²) in [5.74, 6) is 3.11. The van der Waals surface area contributed by atoms with E-state index in [9.17, 15) is 0 Å². The SMILES string of the molecule is COc1ccc(CN2CCc3nc(N4CCOCC4)nc(Oc4ccccc4C)c3C2)cc1. The van der Waals surface area contributed by atoms with E-state index in [1.165, 1.54) is 5.56 Å². The molecular weight excluding hydrogens is 416 g/mol. The predicted octanol–water partition coefficient (Wildman–Crippen LogP) is 3.98. The number of hydrogen-bond acceptors (Lipinski definition) is 7. The maximum Gasteiger partial charge on any atom is 0.229 e. The van der Waals surface area contributed by atoms with Gasteiger partial charge in [-0.1, -0.05) is 30.3 Å². The van der Waals surface area contributed by atoms with Gasteiger partial charge in [-0.3, -0.25) is 4.90 Å². The van der Waals surface area contributed by atoms with Crippen molar-refractivity contribution in [1.29, 1.82) is 0 Å². The van der Waals surface area contributed by atoms with Gasteiger partial charge in [0.1, 0.15) is 11.5 Å². The molecule has 3 aromatic rings. The highest BCUT2D eigenvalue weighted by molar-refractivity contribution is 5.45. The van der Waals surface area contributed by atoms with Gasteiger partial charge in [-0.05, 0) is 36.2 Å². The summed E-state index contributed by atoms with van der Waals surface area (Å²) in [7, 11) is 1.69. The zero-order valence-corrected chi connectivity index (χ0v) is 19.3. The zero-order valence-electron chi connectivity index (χ0n) is 19.3. The molecule has 1 fully saturated rings. The third kappa shape index (κ3) is 4.94. The van der Waals surface area contributed by atoms with E-state index < -0.39 is 0 Å². The standard InChI is InChI=1S/C26H30N4O3/c1-19-5-3-4-6-24(19)33-25-22-18-29(17-20-7-9-21(31-2)10-8-20)12-11-23(22)27-26(28-25)30-13-15-32-16-14-30/h3-10H,11-18H2,1-2H3. The quantitative estimate of drug-likeness (QED) is 0.568. The van der Waals surface area contributed by atoms with Crippen molar-refractivity contribution in [1.82, 2.24) is 14.9 Å². The van der Waals surface area contributed by atoms with E-state index in [0.717, 1.165) is 73.4 Å². The van der Waals surface area contributed by atoms with E-state index in [1.54, 1.807) is 7.11 Å². The molecule has 5 rings (SSSR count). The van der Waals surface area contributed by atoms with Crippen LogP contribution in [0.2, 0.25) is 0 Å². The average molecular weight is 447 g/mol. The smallest absolute Gasteiger partial charge is 0.229 e. The molecule has 33 heavy (non-hydrogen) atoms. The summed E-state index contributed by atoms with van der Waals surface area (Å²) in [5, 5.41) is 0. The lowest BCUT2D eigenvalue weighted by Crippen LogP contribution is -2.38. The molecule has 3 heterocycles. The van der Waals surface area contributed by atoms with Crippen LogP contribution in [0.1, 0.15) is 22.4 Å². The highest BCUT2D eigenvalue weighted by atomic mass is 16.5. The van der Waals surface area contributed by atoms with Gasteiger partial charge in [-0.25, -0.2) is 4.98 Å². The van der Waals surface area contributed by atoms with Gasteiger partial charge in [0.2, 0.25) is 11.8 Å². The topological polar surface area (TPSA) is 60.0 Å². The van der Waals surface area contributed by atoms with Crippen molar-refractivity contribution in [2.75, 3.05) is 44.9 Å². The molecule has 0 amide bonds. The van der Waals surface area contributed by atoms with E-state index >= 15 is 0 Å². The van der Waals surface area contributed by atoms with Crippen molar-refractivity contribution >= 4 is 5.95 Å². The lowest BCUT2D eigenvalue weighted by atomic mass is 10.1. The molecule has 7 nitrogen and oxygen atoms in total. The maximum absolute atomic E-state index is 6.42. The molecule has 1 aromatic heterocycles. The fourth-order valence-corrected chi connectivity index (χ4v) is 4.32. The number of ether oxygens (including phenoxy) is 3. The number of morpholine rings is 1. The first kappa shape index (κ1) is 21.7. The van der Waals surface area contributed by atoms with Crippen LogP contribution < -0.4 is 14.4 Å². The summed E-state index contributed by atoms with van der Waals surface area (Å²) in [6.45, 7) is 7.61. The van der Waals surface area contributed by atoms with Crippen molar-refractivity contribution in [3.05, 3.63) is 70.9 Å². The second-order valence-corrected chi connectivity index (χ2v) is 8.53. The number of hydrogen-bond donors (Lipinski definition) is 0. The Labute approximate surface area is 194 Å². The Hall–Kier alpha value is -3.16. The number of aromatic nitrogens is 2. The normalized spacial score (nSPS) is 16.4.